The number of non-ortho nitro benzene ring substituents is 1. The van der Waals surface area contributed by atoms with Gasteiger partial charge in [0.05, 0.1) is 4.92 Å². The van der Waals surface area contributed by atoms with Crippen molar-refractivity contribution in [2.45, 2.75) is 19.5 Å². The van der Waals surface area contributed by atoms with Gasteiger partial charge < -0.3 is 10.6 Å². The molecule has 22 heavy (non-hydrogen) atoms. The first-order valence-electron chi connectivity index (χ1n) is 6.89. The molecule has 2 aromatic rings. The second-order valence-corrected chi connectivity index (χ2v) is 4.88. The number of carbonyl (C=O) groups excluding carboxylic acids is 1. The van der Waals surface area contributed by atoms with Crippen LogP contribution < -0.4 is 10.6 Å². The maximum Gasteiger partial charge on any atom is 0.271 e. The predicted octanol–water partition coefficient (Wildman–Crippen LogP) is 2.71. The van der Waals surface area contributed by atoms with Crippen molar-refractivity contribution < 1.29 is 9.72 Å². The summed E-state index contributed by atoms with van der Waals surface area (Å²) in [5.41, 5.74) is 1.54. The fourth-order valence-corrected chi connectivity index (χ4v) is 1.96. The van der Waals surface area contributed by atoms with E-state index in [2.05, 4.69) is 10.6 Å². The van der Waals surface area contributed by atoms with Crippen LogP contribution in [0.3, 0.4) is 0 Å². The molecule has 0 fully saturated rings. The van der Waals surface area contributed by atoms with E-state index in [1.807, 2.05) is 30.3 Å². The molecule has 0 bridgehead atoms. The number of nitro groups is 1. The molecule has 6 nitrogen and oxygen atoms in total. The van der Waals surface area contributed by atoms with Crippen LogP contribution in [0.1, 0.15) is 12.5 Å². The lowest BCUT2D eigenvalue weighted by molar-refractivity contribution is -0.384. The summed E-state index contributed by atoms with van der Waals surface area (Å²) < 4.78 is 0. The zero-order valence-corrected chi connectivity index (χ0v) is 12.2. The average molecular weight is 299 g/mol. The molecule has 6 heteroatoms. The van der Waals surface area contributed by atoms with Crippen molar-refractivity contribution in [3.05, 3.63) is 70.3 Å². The highest BCUT2D eigenvalue weighted by Crippen LogP contribution is 2.17. The van der Waals surface area contributed by atoms with Gasteiger partial charge in [-0.05, 0) is 18.6 Å². The Labute approximate surface area is 128 Å². The lowest BCUT2D eigenvalue weighted by atomic mass is 10.2. The van der Waals surface area contributed by atoms with E-state index in [-0.39, 0.29) is 11.6 Å². The summed E-state index contributed by atoms with van der Waals surface area (Å²) in [6, 6.07) is 15.2. The highest BCUT2D eigenvalue weighted by molar-refractivity contribution is 5.84. The molecule has 114 valence electrons. The highest BCUT2D eigenvalue weighted by atomic mass is 16.6. The monoisotopic (exact) mass is 299 g/mol. The second kappa shape index (κ2) is 7.21. The first kappa shape index (κ1) is 15.5. The quantitative estimate of drug-likeness (QED) is 0.634. The molecule has 1 atom stereocenters. The van der Waals surface area contributed by atoms with Crippen LogP contribution in [0.5, 0.6) is 0 Å². The summed E-state index contributed by atoms with van der Waals surface area (Å²) in [4.78, 5) is 22.3. The van der Waals surface area contributed by atoms with Crippen molar-refractivity contribution >= 4 is 17.3 Å². The number of carbonyl (C=O) groups is 1. The van der Waals surface area contributed by atoms with Gasteiger partial charge in [-0.3, -0.25) is 14.9 Å². The van der Waals surface area contributed by atoms with Crippen LogP contribution in [0.4, 0.5) is 11.4 Å². The molecule has 0 aliphatic rings. The van der Waals surface area contributed by atoms with Gasteiger partial charge >= 0.3 is 0 Å². The van der Waals surface area contributed by atoms with Crippen molar-refractivity contribution in [3.8, 4) is 0 Å². The van der Waals surface area contributed by atoms with Gasteiger partial charge in [0.2, 0.25) is 5.91 Å². The van der Waals surface area contributed by atoms with E-state index in [0.717, 1.165) is 5.56 Å². The third-order valence-electron chi connectivity index (χ3n) is 3.14. The lowest BCUT2D eigenvalue weighted by Gasteiger charge is -2.15. The third kappa shape index (κ3) is 4.31. The molecular formula is C16H17N3O3. The van der Waals surface area contributed by atoms with Gasteiger partial charge in [-0.1, -0.05) is 36.4 Å². The Hall–Kier alpha value is -2.89. The van der Waals surface area contributed by atoms with Crippen LogP contribution in [-0.4, -0.2) is 16.9 Å². The van der Waals surface area contributed by atoms with Gasteiger partial charge in [0.1, 0.15) is 6.04 Å². The molecule has 0 heterocycles. The Balaban J connectivity index is 1.91. The molecule has 0 radical (unpaired) electrons. The lowest BCUT2D eigenvalue weighted by Crippen LogP contribution is -2.37. The Morgan fingerprint density at radius 1 is 1.18 bits per heavy atom. The number of amides is 1. The molecule has 2 rings (SSSR count). The van der Waals surface area contributed by atoms with Gasteiger partial charge in [0.15, 0.2) is 0 Å². The van der Waals surface area contributed by atoms with Crippen LogP contribution in [0.25, 0.3) is 0 Å². The van der Waals surface area contributed by atoms with E-state index in [1.54, 1.807) is 19.1 Å². The number of rotatable bonds is 6. The molecule has 2 aromatic carbocycles. The molecule has 0 saturated heterocycles. The number of nitrogens with zero attached hydrogens (tertiary/aromatic N) is 1. The van der Waals surface area contributed by atoms with E-state index >= 15 is 0 Å². The Morgan fingerprint density at radius 2 is 1.91 bits per heavy atom. The van der Waals surface area contributed by atoms with E-state index in [4.69, 9.17) is 0 Å². The van der Waals surface area contributed by atoms with E-state index in [9.17, 15) is 14.9 Å². The molecular weight excluding hydrogens is 282 g/mol. The predicted molar refractivity (Wildman–Crippen MR) is 84.5 cm³/mol. The van der Waals surface area contributed by atoms with Crippen molar-refractivity contribution in [1.29, 1.82) is 0 Å². The topological polar surface area (TPSA) is 84.3 Å². The molecule has 1 amide bonds. The van der Waals surface area contributed by atoms with Gasteiger partial charge in [-0.25, -0.2) is 0 Å². The summed E-state index contributed by atoms with van der Waals surface area (Å²) in [5, 5.41) is 16.5. The molecule has 0 aliphatic heterocycles. The zero-order chi connectivity index (χ0) is 15.9. The van der Waals surface area contributed by atoms with Crippen LogP contribution in [-0.2, 0) is 11.3 Å². The van der Waals surface area contributed by atoms with E-state index in [1.165, 1.54) is 12.1 Å². The van der Waals surface area contributed by atoms with E-state index in [0.29, 0.717) is 12.2 Å². The van der Waals surface area contributed by atoms with Crippen molar-refractivity contribution in [1.82, 2.24) is 5.32 Å². The normalized spacial score (nSPS) is 11.5. The standard InChI is InChI=1S/C16H17N3O3/c1-12(16(20)17-11-13-6-3-2-4-7-13)18-14-8-5-9-15(10-14)19(21)22/h2-10,12,18H,11H2,1H3,(H,17,20)/t12-/m0/s1. The number of hydrogen-bond donors (Lipinski definition) is 2. The van der Waals surface area contributed by atoms with Gasteiger partial charge in [0, 0.05) is 24.4 Å². The van der Waals surface area contributed by atoms with Crippen LogP contribution in [0, 0.1) is 10.1 Å². The van der Waals surface area contributed by atoms with Gasteiger partial charge in [-0.2, -0.15) is 0 Å². The van der Waals surface area contributed by atoms with Gasteiger partial charge in [0.25, 0.3) is 5.69 Å². The fraction of sp³-hybridized carbons (Fsp3) is 0.188. The third-order valence-corrected chi connectivity index (χ3v) is 3.14. The molecule has 0 unspecified atom stereocenters. The van der Waals surface area contributed by atoms with Crippen molar-refractivity contribution in [2.24, 2.45) is 0 Å². The Morgan fingerprint density at radius 3 is 2.59 bits per heavy atom. The summed E-state index contributed by atoms with van der Waals surface area (Å²) >= 11 is 0. The summed E-state index contributed by atoms with van der Waals surface area (Å²) in [7, 11) is 0. The van der Waals surface area contributed by atoms with Crippen LogP contribution in [0.2, 0.25) is 0 Å². The Bertz CT molecular complexity index is 659. The summed E-state index contributed by atoms with van der Waals surface area (Å²) in [6.07, 6.45) is 0. The fourth-order valence-electron chi connectivity index (χ4n) is 1.96. The minimum atomic E-state index is -0.495. The summed E-state index contributed by atoms with van der Waals surface area (Å²) in [5.74, 6) is -0.171. The second-order valence-electron chi connectivity index (χ2n) is 4.88. The SMILES string of the molecule is C[C@H](Nc1cccc([N+](=O)[O-])c1)C(=O)NCc1ccccc1. The number of benzene rings is 2. The minimum Gasteiger partial charge on any atom is -0.374 e. The highest BCUT2D eigenvalue weighted by Gasteiger charge is 2.13. The number of nitro benzene ring substituents is 1. The number of hydrogen-bond acceptors (Lipinski definition) is 4. The Kier molecular flexibility index (Phi) is 5.08. The molecule has 0 saturated carbocycles. The van der Waals surface area contributed by atoms with Crippen LogP contribution in [0.15, 0.2) is 54.6 Å². The first-order chi connectivity index (χ1) is 10.6. The minimum absolute atomic E-state index is 0.0121. The number of nitrogens with one attached hydrogen (secondary N) is 2. The van der Waals surface area contributed by atoms with Crippen molar-refractivity contribution in [3.63, 3.8) is 0 Å². The number of anilines is 1. The van der Waals surface area contributed by atoms with Gasteiger partial charge in [-0.15, -0.1) is 0 Å². The maximum atomic E-state index is 12.0. The van der Waals surface area contributed by atoms with Crippen LogP contribution >= 0.6 is 0 Å². The molecule has 2 N–H and O–H groups in total. The van der Waals surface area contributed by atoms with E-state index < -0.39 is 11.0 Å². The zero-order valence-electron chi connectivity index (χ0n) is 12.2. The molecule has 0 aromatic heterocycles. The molecule has 0 spiro atoms. The smallest absolute Gasteiger partial charge is 0.271 e. The first-order valence-corrected chi connectivity index (χ1v) is 6.89. The summed E-state index contributed by atoms with van der Waals surface area (Å²) in [6.45, 7) is 2.15. The average Bonchev–Trinajstić information content (AvgIpc) is 2.53. The van der Waals surface area contributed by atoms with Crippen molar-refractivity contribution in [2.75, 3.05) is 5.32 Å². The maximum absolute atomic E-state index is 12.0. The largest absolute Gasteiger partial charge is 0.374 e. The molecule has 0 aliphatic carbocycles.